The van der Waals surface area contributed by atoms with Crippen LogP contribution >= 0.6 is 11.6 Å². The molecule has 0 spiro atoms. The number of nitrogens with one attached hydrogen (secondary N) is 2. The lowest BCUT2D eigenvalue weighted by atomic mass is 9.86. The molecule has 2 aromatic carbocycles. The maximum absolute atomic E-state index is 12.3. The van der Waals surface area contributed by atoms with Gasteiger partial charge < -0.3 is 15.4 Å². The summed E-state index contributed by atoms with van der Waals surface area (Å²) >= 11 is 6.01. The van der Waals surface area contributed by atoms with Crippen molar-refractivity contribution >= 4 is 28.9 Å². The fourth-order valence-electron chi connectivity index (χ4n) is 2.59. The highest BCUT2D eigenvalue weighted by Gasteiger charge is 2.18. The molecule has 0 fully saturated rings. The van der Waals surface area contributed by atoms with Crippen molar-refractivity contribution < 1.29 is 9.53 Å². The van der Waals surface area contributed by atoms with Crippen molar-refractivity contribution in [3.8, 4) is 5.75 Å². The van der Waals surface area contributed by atoms with Gasteiger partial charge in [0.2, 0.25) is 5.91 Å². The monoisotopic (exact) mass is 360 g/mol. The van der Waals surface area contributed by atoms with Crippen LogP contribution in [0.4, 0.5) is 11.4 Å². The van der Waals surface area contributed by atoms with E-state index < -0.39 is 0 Å². The predicted molar refractivity (Wildman–Crippen MR) is 105 cm³/mol. The number of amides is 1. The standard InChI is InChI=1S/C20H25ClN2O2/c1-20(2,3)15-7-5-6-8-16(15)23-19(24)11-12-22-17-13-14(21)9-10-18(17)25-4/h5-10,13,22H,11-12H2,1-4H3,(H,23,24). The summed E-state index contributed by atoms with van der Waals surface area (Å²) in [5.74, 6) is 0.660. The average molecular weight is 361 g/mol. The smallest absolute Gasteiger partial charge is 0.226 e. The fraction of sp³-hybridized carbons (Fsp3) is 0.350. The molecule has 0 aliphatic heterocycles. The molecule has 0 aromatic heterocycles. The molecule has 25 heavy (non-hydrogen) atoms. The van der Waals surface area contributed by atoms with Gasteiger partial charge in [-0.3, -0.25) is 4.79 Å². The molecular weight excluding hydrogens is 336 g/mol. The Morgan fingerprint density at radius 2 is 1.84 bits per heavy atom. The number of hydrogen-bond acceptors (Lipinski definition) is 3. The summed E-state index contributed by atoms with van der Waals surface area (Å²) in [4.78, 5) is 12.3. The van der Waals surface area contributed by atoms with Crippen LogP contribution in [0.15, 0.2) is 42.5 Å². The maximum Gasteiger partial charge on any atom is 0.226 e. The largest absolute Gasteiger partial charge is 0.495 e. The Balaban J connectivity index is 1.95. The van der Waals surface area contributed by atoms with Crippen LogP contribution in [0.3, 0.4) is 0 Å². The first-order valence-electron chi connectivity index (χ1n) is 8.28. The quantitative estimate of drug-likeness (QED) is 0.754. The summed E-state index contributed by atoms with van der Waals surface area (Å²) in [5, 5.41) is 6.82. The lowest BCUT2D eigenvalue weighted by Crippen LogP contribution is -2.20. The molecule has 0 aliphatic carbocycles. The van der Waals surface area contributed by atoms with E-state index in [4.69, 9.17) is 16.3 Å². The maximum atomic E-state index is 12.3. The summed E-state index contributed by atoms with van der Waals surface area (Å²) in [6, 6.07) is 13.2. The summed E-state index contributed by atoms with van der Waals surface area (Å²) in [6.45, 7) is 6.88. The van der Waals surface area contributed by atoms with Gasteiger partial charge in [-0.15, -0.1) is 0 Å². The lowest BCUT2D eigenvalue weighted by Gasteiger charge is -2.23. The fourth-order valence-corrected chi connectivity index (χ4v) is 2.76. The van der Waals surface area contributed by atoms with Gasteiger partial charge in [-0.05, 0) is 35.2 Å². The second kappa shape index (κ2) is 8.26. The zero-order chi connectivity index (χ0) is 18.4. The second-order valence-corrected chi connectivity index (χ2v) is 7.30. The molecular formula is C20H25ClN2O2. The molecule has 5 heteroatoms. The van der Waals surface area contributed by atoms with E-state index in [1.165, 1.54) is 0 Å². The lowest BCUT2D eigenvalue weighted by molar-refractivity contribution is -0.115. The number of halogens is 1. The molecule has 2 rings (SSSR count). The highest BCUT2D eigenvalue weighted by atomic mass is 35.5. The van der Waals surface area contributed by atoms with E-state index in [0.717, 1.165) is 16.9 Å². The number of benzene rings is 2. The number of rotatable bonds is 6. The van der Waals surface area contributed by atoms with Gasteiger partial charge in [-0.2, -0.15) is 0 Å². The van der Waals surface area contributed by atoms with Crippen LogP contribution in [0.1, 0.15) is 32.8 Å². The third-order valence-corrected chi connectivity index (χ3v) is 4.07. The molecule has 0 atom stereocenters. The molecule has 134 valence electrons. The van der Waals surface area contributed by atoms with Gasteiger partial charge in [-0.25, -0.2) is 0 Å². The van der Waals surface area contributed by atoms with Gasteiger partial charge in [0.05, 0.1) is 12.8 Å². The zero-order valence-electron chi connectivity index (χ0n) is 15.2. The molecule has 0 radical (unpaired) electrons. The van der Waals surface area contributed by atoms with Crippen LogP contribution in [0.25, 0.3) is 0 Å². The first-order chi connectivity index (χ1) is 11.8. The Kier molecular flexibility index (Phi) is 6.32. The SMILES string of the molecule is COc1ccc(Cl)cc1NCCC(=O)Nc1ccccc1C(C)(C)C. The first-order valence-corrected chi connectivity index (χ1v) is 8.66. The van der Waals surface area contributed by atoms with E-state index in [9.17, 15) is 4.79 Å². The Labute approximate surface area is 154 Å². The van der Waals surface area contributed by atoms with Gasteiger partial charge in [0.1, 0.15) is 5.75 Å². The molecule has 0 heterocycles. The summed E-state index contributed by atoms with van der Waals surface area (Å²) in [6.07, 6.45) is 0.341. The zero-order valence-corrected chi connectivity index (χ0v) is 15.9. The van der Waals surface area contributed by atoms with Crippen LogP contribution < -0.4 is 15.4 Å². The summed E-state index contributed by atoms with van der Waals surface area (Å²) in [5.41, 5.74) is 2.72. The number of anilines is 2. The van der Waals surface area contributed by atoms with Crippen molar-refractivity contribution in [1.29, 1.82) is 0 Å². The minimum absolute atomic E-state index is 0.0315. The van der Waals surface area contributed by atoms with Crippen LogP contribution in [0.5, 0.6) is 5.75 Å². The Bertz CT molecular complexity index is 739. The minimum atomic E-state index is -0.0369. The van der Waals surface area contributed by atoms with Crippen LogP contribution in [-0.4, -0.2) is 19.6 Å². The first kappa shape index (κ1) is 19.1. The molecule has 2 N–H and O–H groups in total. The molecule has 0 saturated carbocycles. The minimum Gasteiger partial charge on any atom is -0.495 e. The number of ether oxygens (including phenoxy) is 1. The average Bonchev–Trinajstić information content (AvgIpc) is 2.54. The molecule has 0 unspecified atom stereocenters. The Morgan fingerprint density at radius 3 is 2.52 bits per heavy atom. The van der Waals surface area contributed by atoms with E-state index in [1.807, 2.05) is 24.3 Å². The highest BCUT2D eigenvalue weighted by Crippen LogP contribution is 2.29. The number of para-hydroxylation sites is 1. The molecule has 0 aliphatic rings. The number of carbonyl (C=O) groups excluding carboxylic acids is 1. The van der Waals surface area contributed by atoms with Gasteiger partial charge >= 0.3 is 0 Å². The molecule has 0 bridgehead atoms. The molecule has 2 aromatic rings. The van der Waals surface area contributed by atoms with Crippen molar-refractivity contribution in [1.82, 2.24) is 0 Å². The van der Waals surface area contributed by atoms with Crippen molar-refractivity contribution in [3.63, 3.8) is 0 Å². The Hall–Kier alpha value is -2.20. The van der Waals surface area contributed by atoms with Crippen molar-refractivity contribution in [3.05, 3.63) is 53.1 Å². The second-order valence-electron chi connectivity index (χ2n) is 6.87. The predicted octanol–water partition coefficient (Wildman–Crippen LogP) is 5.09. The Morgan fingerprint density at radius 1 is 1.12 bits per heavy atom. The summed E-state index contributed by atoms with van der Waals surface area (Å²) < 4.78 is 5.28. The number of carbonyl (C=O) groups is 1. The van der Waals surface area contributed by atoms with E-state index in [2.05, 4.69) is 31.4 Å². The van der Waals surface area contributed by atoms with Gasteiger partial charge in [0.25, 0.3) is 0 Å². The third-order valence-electron chi connectivity index (χ3n) is 3.84. The summed E-state index contributed by atoms with van der Waals surface area (Å²) in [7, 11) is 1.60. The number of hydrogen-bond donors (Lipinski definition) is 2. The third kappa shape index (κ3) is 5.40. The normalized spacial score (nSPS) is 11.1. The van der Waals surface area contributed by atoms with Crippen molar-refractivity contribution in [2.75, 3.05) is 24.3 Å². The van der Waals surface area contributed by atoms with Crippen LogP contribution in [0.2, 0.25) is 5.02 Å². The van der Waals surface area contributed by atoms with Gasteiger partial charge in [0.15, 0.2) is 0 Å². The molecule has 4 nitrogen and oxygen atoms in total. The topological polar surface area (TPSA) is 50.4 Å². The number of methoxy groups -OCH3 is 1. The molecule has 0 saturated heterocycles. The van der Waals surface area contributed by atoms with Crippen molar-refractivity contribution in [2.24, 2.45) is 0 Å². The van der Waals surface area contributed by atoms with Crippen LogP contribution in [0, 0.1) is 0 Å². The van der Waals surface area contributed by atoms with E-state index in [1.54, 1.807) is 25.3 Å². The molecule has 1 amide bonds. The van der Waals surface area contributed by atoms with Crippen molar-refractivity contribution in [2.45, 2.75) is 32.6 Å². The van der Waals surface area contributed by atoms with E-state index >= 15 is 0 Å². The highest BCUT2D eigenvalue weighted by molar-refractivity contribution is 6.30. The van der Waals surface area contributed by atoms with Gasteiger partial charge in [-0.1, -0.05) is 50.6 Å². The van der Waals surface area contributed by atoms with Crippen LogP contribution in [-0.2, 0) is 10.2 Å². The van der Waals surface area contributed by atoms with E-state index in [0.29, 0.717) is 23.7 Å². The van der Waals surface area contributed by atoms with Gasteiger partial charge in [0, 0.05) is 23.7 Å². The van der Waals surface area contributed by atoms with E-state index in [-0.39, 0.29) is 11.3 Å².